The number of benzene rings is 2. The molecule has 3 rings (SSSR count). The van der Waals surface area contributed by atoms with Gasteiger partial charge in [0.05, 0.1) is 18.5 Å². The summed E-state index contributed by atoms with van der Waals surface area (Å²) < 4.78 is 5.20. The molecule has 26 heavy (non-hydrogen) atoms. The van der Waals surface area contributed by atoms with Gasteiger partial charge in [-0.05, 0) is 36.4 Å². The van der Waals surface area contributed by atoms with E-state index in [1.54, 1.807) is 42.5 Å². The number of para-hydroxylation sites is 2. The number of nitrogens with zero attached hydrogens (tertiary/aromatic N) is 1. The molecule has 1 aliphatic heterocycles. The number of carbonyl (C=O) groups excluding carboxylic acids is 2. The number of halogens is 1. The topological polar surface area (TPSA) is 79.8 Å². The van der Waals surface area contributed by atoms with Crippen LogP contribution < -0.4 is 15.4 Å². The summed E-state index contributed by atoms with van der Waals surface area (Å²) in [5.74, 6) is 0.0575. The van der Waals surface area contributed by atoms with E-state index < -0.39 is 5.25 Å². The molecule has 0 aromatic heterocycles. The second kappa shape index (κ2) is 8.25. The Hall–Kier alpha value is -2.51. The molecule has 1 saturated heterocycles. The molecule has 134 valence electrons. The fraction of sp³-hybridized carbons (Fsp3) is 0.167. The van der Waals surface area contributed by atoms with Crippen LogP contribution in [0.2, 0.25) is 5.02 Å². The maximum absolute atomic E-state index is 12.3. The number of ether oxygens (including phenoxy) is 1. The summed E-state index contributed by atoms with van der Waals surface area (Å²) in [5, 5.41) is 6.01. The first-order valence-corrected chi connectivity index (χ1v) is 9.05. The molecule has 1 fully saturated rings. The molecule has 1 heterocycles. The molecular formula is C18H16ClN3O3S. The standard InChI is InChI=1S/C18H16ClN3O3S/c1-25-14-5-3-2-4-13(14)21-16(23)10-15-17(24)22-18(26-15)20-12-8-6-11(19)7-9-12/h2-9,15H,10H2,1H3,(H,21,23)(H,20,22,24)/t15-/m0/s1. The van der Waals surface area contributed by atoms with Crippen molar-refractivity contribution < 1.29 is 14.3 Å². The molecular weight excluding hydrogens is 374 g/mol. The van der Waals surface area contributed by atoms with Gasteiger partial charge in [0.25, 0.3) is 0 Å². The Bertz CT molecular complexity index is 855. The predicted molar refractivity (Wildman–Crippen MR) is 104 cm³/mol. The third-order valence-corrected chi connectivity index (χ3v) is 4.92. The number of thioether (sulfide) groups is 1. The Kier molecular flexibility index (Phi) is 5.80. The summed E-state index contributed by atoms with van der Waals surface area (Å²) in [4.78, 5) is 28.7. The Morgan fingerprint density at radius 2 is 2.00 bits per heavy atom. The normalized spacial score (nSPS) is 17.8. The van der Waals surface area contributed by atoms with Crippen LogP contribution in [0.3, 0.4) is 0 Å². The van der Waals surface area contributed by atoms with E-state index in [0.29, 0.717) is 27.3 Å². The first-order chi connectivity index (χ1) is 12.5. The fourth-order valence-corrected chi connectivity index (χ4v) is 3.46. The highest BCUT2D eigenvalue weighted by atomic mass is 35.5. The molecule has 0 unspecified atom stereocenters. The van der Waals surface area contributed by atoms with Crippen LogP contribution in [0.25, 0.3) is 0 Å². The summed E-state index contributed by atoms with van der Waals surface area (Å²) in [6.07, 6.45) is 0.0359. The van der Waals surface area contributed by atoms with Crippen LogP contribution >= 0.6 is 23.4 Å². The molecule has 2 aromatic carbocycles. The number of anilines is 1. The zero-order valence-electron chi connectivity index (χ0n) is 13.9. The number of aliphatic imine (C=N–C) groups is 1. The molecule has 1 aliphatic rings. The van der Waals surface area contributed by atoms with Gasteiger partial charge in [-0.15, -0.1) is 0 Å². The number of rotatable bonds is 5. The van der Waals surface area contributed by atoms with Gasteiger partial charge in [-0.1, -0.05) is 35.5 Å². The molecule has 2 N–H and O–H groups in total. The Morgan fingerprint density at radius 1 is 1.27 bits per heavy atom. The molecule has 1 atom stereocenters. The lowest BCUT2D eigenvalue weighted by molar-refractivity contribution is -0.122. The van der Waals surface area contributed by atoms with Gasteiger partial charge in [0.15, 0.2) is 5.17 Å². The van der Waals surface area contributed by atoms with Crippen molar-refractivity contribution >= 4 is 51.7 Å². The van der Waals surface area contributed by atoms with E-state index in [1.807, 2.05) is 6.07 Å². The first-order valence-electron chi connectivity index (χ1n) is 7.80. The quantitative estimate of drug-likeness (QED) is 0.818. The van der Waals surface area contributed by atoms with Gasteiger partial charge in [-0.25, -0.2) is 4.99 Å². The lowest BCUT2D eigenvalue weighted by Crippen LogP contribution is -2.28. The highest BCUT2D eigenvalue weighted by molar-refractivity contribution is 8.15. The minimum absolute atomic E-state index is 0.0359. The number of nitrogens with one attached hydrogen (secondary N) is 2. The molecule has 6 nitrogen and oxygen atoms in total. The van der Waals surface area contributed by atoms with Crippen molar-refractivity contribution in [3.8, 4) is 5.75 Å². The van der Waals surface area contributed by atoms with Crippen molar-refractivity contribution in [2.75, 3.05) is 12.4 Å². The average molecular weight is 390 g/mol. The zero-order chi connectivity index (χ0) is 18.5. The average Bonchev–Trinajstić information content (AvgIpc) is 2.96. The Labute approximate surface area is 160 Å². The molecule has 2 aromatic rings. The van der Waals surface area contributed by atoms with E-state index in [1.165, 1.54) is 18.9 Å². The van der Waals surface area contributed by atoms with E-state index in [2.05, 4.69) is 15.6 Å². The van der Waals surface area contributed by atoms with Crippen molar-refractivity contribution in [3.05, 3.63) is 53.6 Å². The van der Waals surface area contributed by atoms with E-state index in [-0.39, 0.29) is 18.2 Å². The van der Waals surface area contributed by atoms with Crippen LogP contribution in [0.4, 0.5) is 11.4 Å². The summed E-state index contributed by atoms with van der Waals surface area (Å²) in [5.41, 5.74) is 1.25. The van der Waals surface area contributed by atoms with E-state index in [9.17, 15) is 9.59 Å². The van der Waals surface area contributed by atoms with Crippen molar-refractivity contribution in [3.63, 3.8) is 0 Å². The Balaban J connectivity index is 1.62. The minimum atomic E-state index is -0.532. The van der Waals surface area contributed by atoms with Gasteiger partial charge in [-0.2, -0.15) is 0 Å². The molecule has 0 aliphatic carbocycles. The van der Waals surface area contributed by atoms with Gasteiger partial charge in [0.1, 0.15) is 11.0 Å². The van der Waals surface area contributed by atoms with Crippen molar-refractivity contribution in [1.82, 2.24) is 5.32 Å². The minimum Gasteiger partial charge on any atom is -0.495 e. The second-order valence-electron chi connectivity index (χ2n) is 5.44. The van der Waals surface area contributed by atoms with Crippen LogP contribution in [0.15, 0.2) is 53.5 Å². The van der Waals surface area contributed by atoms with Crippen LogP contribution in [-0.2, 0) is 9.59 Å². The molecule has 8 heteroatoms. The SMILES string of the molecule is COc1ccccc1NC(=O)C[C@@H]1SC(=Nc2ccc(Cl)cc2)NC1=O. The van der Waals surface area contributed by atoms with Crippen LogP contribution in [0.1, 0.15) is 6.42 Å². The van der Waals surface area contributed by atoms with Gasteiger partial charge in [0.2, 0.25) is 11.8 Å². The molecule has 0 saturated carbocycles. The van der Waals surface area contributed by atoms with E-state index in [4.69, 9.17) is 16.3 Å². The zero-order valence-corrected chi connectivity index (χ0v) is 15.4. The van der Waals surface area contributed by atoms with Gasteiger partial charge >= 0.3 is 0 Å². The number of hydrogen-bond donors (Lipinski definition) is 2. The van der Waals surface area contributed by atoms with E-state index >= 15 is 0 Å². The number of amidine groups is 1. The maximum atomic E-state index is 12.3. The summed E-state index contributed by atoms with van der Waals surface area (Å²) in [7, 11) is 1.53. The maximum Gasteiger partial charge on any atom is 0.240 e. The highest BCUT2D eigenvalue weighted by Gasteiger charge is 2.32. The third-order valence-electron chi connectivity index (χ3n) is 3.59. The van der Waals surface area contributed by atoms with Gasteiger partial charge in [-0.3, -0.25) is 9.59 Å². The van der Waals surface area contributed by atoms with E-state index in [0.717, 1.165) is 0 Å². The molecule has 0 radical (unpaired) electrons. The van der Waals surface area contributed by atoms with Gasteiger partial charge in [0, 0.05) is 11.4 Å². The third kappa shape index (κ3) is 4.56. The predicted octanol–water partition coefficient (Wildman–Crippen LogP) is 3.60. The van der Waals surface area contributed by atoms with Gasteiger partial charge < -0.3 is 15.4 Å². The molecule has 2 amide bonds. The van der Waals surface area contributed by atoms with Crippen LogP contribution in [0.5, 0.6) is 5.75 Å². The highest BCUT2D eigenvalue weighted by Crippen LogP contribution is 2.27. The summed E-state index contributed by atoms with van der Waals surface area (Å²) in [6, 6.07) is 14.1. The first kappa shape index (κ1) is 18.3. The lowest BCUT2D eigenvalue weighted by atomic mass is 10.2. The number of methoxy groups -OCH3 is 1. The molecule has 0 spiro atoms. The number of carbonyl (C=O) groups is 2. The van der Waals surface area contributed by atoms with Crippen molar-refractivity contribution in [1.29, 1.82) is 0 Å². The van der Waals surface area contributed by atoms with Crippen LogP contribution in [-0.4, -0.2) is 29.3 Å². The fourth-order valence-electron chi connectivity index (χ4n) is 2.34. The number of amides is 2. The smallest absolute Gasteiger partial charge is 0.240 e. The monoisotopic (exact) mass is 389 g/mol. The summed E-state index contributed by atoms with van der Waals surface area (Å²) in [6.45, 7) is 0. The largest absolute Gasteiger partial charge is 0.495 e. The summed E-state index contributed by atoms with van der Waals surface area (Å²) >= 11 is 7.07. The number of hydrogen-bond acceptors (Lipinski definition) is 5. The second-order valence-corrected chi connectivity index (χ2v) is 7.07. The van der Waals surface area contributed by atoms with Crippen molar-refractivity contribution in [2.45, 2.75) is 11.7 Å². The van der Waals surface area contributed by atoms with Crippen molar-refractivity contribution in [2.24, 2.45) is 4.99 Å². The molecule has 0 bridgehead atoms. The Morgan fingerprint density at radius 3 is 2.73 bits per heavy atom. The lowest BCUT2D eigenvalue weighted by Gasteiger charge is -2.10. The van der Waals surface area contributed by atoms with Crippen LogP contribution in [0, 0.1) is 0 Å².